The van der Waals surface area contributed by atoms with E-state index in [2.05, 4.69) is 4.98 Å². The van der Waals surface area contributed by atoms with Gasteiger partial charge in [0.1, 0.15) is 5.82 Å². The second-order valence-electron chi connectivity index (χ2n) is 3.05. The summed E-state index contributed by atoms with van der Waals surface area (Å²) in [7, 11) is 0. The number of rotatable bonds is 2. The highest BCUT2D eigenvalue weighted by Crippen LogP contribution is 2.15. The molecule has 0 radical (unpaired) electrons. The van der Waals surface area contributed by atoms with E-state index in [4.69, 9.17) is 16.6 Å². The van der Waals surface area contributed by atoms with E-state index in [0.717, 1.165) is 5.56 Å². The normalized spacial score (nSPS) is 15.6. The van der Waals surface area contributed by atoms with Crippen LogP contribution < -0.4 is 11.5 Å². The number of hydrogen-bond acceptors (Lipinski definition) is 4. The van der Waals surface area contributed by atoms with Gasteiger partial charge in [0.15, 0.2) is 0 Å². The molecule has 0 unspecified atom stereocenters. The van der Waals surface area contributed by atoms with Crippen LogP contribution >= 0.6 is 0 Å². The molecule has 0 fully saturated rings. The lowest BCUT2D eigenvalue weighted by molar-refractivity contribution is 0.210. The molecule has 0 aliphatic heterocycles. The van der Waals surface area contributed by atoms with Crippen molar-refractivity contribution in [3.05, 3.63) is 23.9 Å². The molecule has 0 spiro atoms. The lowest BCUT2D eigenvalue weighted by Gasteiger charge is -2.21. The monoisotopic (exact) mass is 167 g/mol. The molecule has 0 saturated carbocycles. The van der Waals surface area contributed by atoms with Gasteiger partial charge in [-0.3, -0.25) is 0 Å². The number of aliphatic hydroxyl groups excluding tert-OH is 1. The predicted molar refractivity (Wildman–Crippen MR) is 47.3 cm³/mol. The van der Waals surface area contributed by atoms with Gasteiger partial charge in [-0.15, -0.1) is 0 Å². The van der Waals surface area contributed by atoms with E-state index in [1.54, 1.807) is 25.3 Å². The van der Waals surface area contributed by atoms with Gasteiger partial charge < -0.3 is 16.6 Å². The van der Waals surface area contributed by atoms with Gasteiger partial charge in [-0.1, -0.05) is 6.07 Å². The van der Waals surface area contributed by atoms with E-state index in [1.807, 2.05) is 0 Å². The minimum Gasteiger partial charge on any atom is -0.394 e. The van der Waals surface area contributed by atoms with Crippen molar-refractivity contribution in [2.24, 2.45) is 5.73 Å². The van der Waals surface area contributed by atoms with Crippen LogP contribution in [0.15, 0.2) is 18.3 Å². The number of aromatic nitrogens is 1. The van der Waals surface area contributed by atoms with Crippen LogP contribution in [-0.4, -0.2) is 16.7 Å². The van der Waals surface area contributed by atoms with Gasteiger partial charge in [-0.2, -0.15) is 0 Å². The van der Waals surface area contributed by atoms with Gasteiger partial charge >= 0.3 is 0 Å². The third-order valence-corrected chi connectivity index (χ3v) is 1.77. The highest BCUT2D eigenvalue weighted by Gasteiger charge is 2.19. The number of pyridine rings is 1. The predicted octanol–water partition coefficient (Wildman–Crippen LogP) is -0.170. The average molecular weight is 167 g/mol. The molecule has 0 aromatic carbocycles. The lowest BCUT2D eigenvalue weighted by atomic mass is 9.96. The number of nitrogens with two attached hydrogens (primary N) is 2. The number of nitrogens with zero attached hydrogens (tertiary/aromatic N) is 1. The summed E-state index contributed by atoms with van der Waals surface area (Å²) in [4.78, 5) is 3.88. The van der Waals surface area contributed by atoms with Gasteiger partial charge in [0.05, 0.1) is 12.1 Å². The Hall–Kier alpha value is -1.13. The lowest BCUT2D eigenvalue weighted by Crippen LogP contribution is -2.37. The number of aliphatic hydroxyl groups is 1. The summed E-state index contributed by atoms with van der Waals surface area (Å²) in [6.07, 6.45) is 1.57. The minimum absolute atomic E-state index is 0.113. The van der Waals surface area contributed by atoms with Crippen molar-refractivity contribution in [3.8, 4) is 0 Å². The summed E-state index contributed by atoms with van der Waals surface area (Å²) in [5, 5.41) is 8.93. The van der Waals surface area contributed by atoms with Gasteiger partial charge in [0.2, 0.25) is 0 Å². The average Bonchev–Trinajstić information content (AvgIpc) is 2.05. The summed E-state index contributed by atoms with van der Waals surface area (Å²) >= 11 is 0. The summed E-state index contributed by atoms with van der Waals surface area (Å²) in [5.41, 5.74) is 11.2. The molecule has 1 heterocycles. The maximum absolute atomic E-state index is 8.93. The van der Waals surface area contributed by atoms with E-state index < -0.39 is 5.54 Å². The number of anilines is 1. The Morgan fingerprint density at radius 1 is 1.58 bits per heavy atom. The fourth-order valence-corrected chi connectivity index (χ4v) is 0.834. The molecular formula is C8H13N3O. The highest BCUT2D eigenvalue weighted by atomic mass is 16.3. The van der Waals surface area contributed by atoms with Crippen molar-refractivity contribution in [2.75, 3.05) is 12.3 Å². The SMILES string of the molecule is C[C@@](N)(CO)c1ccc(N)nc1. The molecule has 1 rings (SSSR count). The Balaban J connectivity index is 2.96. The van der Waals surface area contributed by atoms with E-state index in [1.165, 1.54) is 0 Å². The van der Waals surface area contributed by atoms with Crippen LogP contribution in [0.2, 0.25) is 0 Å². The van der Waals surface area contributed by atoms with Crippen molar-refractivity contribution in [2.45, 2.75) is 12.5 Å². The first-order valence-electron chi connectivity index (χ1n) is 3.68. The number of nitrogen functional groups attached to an aromatic ring is 1. The molecule has 66 valence electrons. The van der Waals surface area contributed by atoms with Crippen LogP contribution in [0, 0.1) is 0 Å². The first-order chi connectivity index (χ1) is 5.56. The van der Waals surface area contributed by atoms with Crippen LogP contribution in [-0.2, 0) is 5.54 Å². The first kappa shape index (κ1) is 8.96. The van der Waals surface area contributed by atoms with Gasteiger partial charge in [0.25, 0.3) is 0 Å². The van der Waals surface area contributed by atoms with Crippen LogP contribution in [0.25, 0.3) is 0 Å². The van der Waals surface area contributed by atoms with Crippen LogP contribution in [0.5, 0.6) is 0 Å². The number of hydrogen-bond donors (Lipinski definition) is 3. The van der Waals surface area contributed by atoms with Crippen LogP contribution in [0.1, 0.15) is 12.5 Å². The summed E-state index contributed by atoms with van der Waals surface area (Å²) < 4.78 is 0. The van der Waals surface area contributed by atoms with E-state index >= 15 is 0 Å². The highest BCUT2D eigenvalue weighted by molar-refractivity contribution is 5.32. The molecule has 1 aromatic rings. The van der Waals surface area contributed by atoms with Crippen molar-refractivity contribution < 1.29 is 5.11 Å². The minimum atomic E-state index is -0.735. The van der Waals surface area contributed by atoms with Gasteiger partial charge in [-0.05, 0) is 18.6 Å². The van der Waals surface area contributed by atoms with Crippen LogP contribution in [0.3, 0.4) is 0 Å². The van der Waals surface area contributed by atoms with E-state index in [9.17, 15) is 0 Å². The Bertz CT molecular complexity index is 256. The molecule has 4 heteroatoms. The Kier molecular flexibility index (Phi) is 2.30. The van der Waals surface area contributed by atoms with Crippen molar-refractivity contribution >= 4 is 5.82 Å². The molecular weight excluding hydrogens is 154 g/mol. The zero-order chi connectivity index (χ0) is 9.19. The van der Waals surface area contributed by atoms with Gasteiger partial charge in [0, 0.05) is 6.20 Å². The van der Waals surface area contributed by atoms with Crippen LogP contribution in [0.4, 0.5) is 5.82 Å². The fourth-order valence-electron chi connectivity index (χ4n) is 0.834. The molecule has 0 amide bonds. The molecule has 0 saturated heterocycles. The zero-order valence-electron chi connectivity index (χ0n) is 6.99. The third kappa shape index (κ3) is 1.72. The largest absolute Gasteiger partial charge is 0.394 e. The first-order valence-corrected chi connectivity index (χ1v) is 3.68. The summed E-state index contributed by atoms with van der Waals surface area (Å²) in [6.45, 7) is 1.62. The molecule has 1 aromatic heterocycles. The fraction of sp³-hybridized carbons (Fsp3) is 0.375. The molecule has 1 atom stereocenters. The Morgan fingerprint density at radius 2 is 2.25 bits per heavy atom. The molecule has 12 heavy (non-hydrogen) atoms. The standard InChI is InChI=1S/C8H13N3O/c1-8(10,5-12)6-2-3-7(9)11-4-6/h2-4,12H,5,10H2,1H3,(H2,9,11)/t8-/m1/s1. The Labute approximate surface area is 71.2 Å². The summed E-state index contributed by atoms with van der Waals surface area (Å²) in [6, 6.07) is 3.43. The third-order valence-electron chi connectivity index (χ3n) is 1.77. The maximum atomic E-state index is 8.93. The molecule has 4 nitrogen and oxygen atoms in total. The van der Waals surface area contributed by atoms with Crippen molar-refractivity contribution in [1.82, 2.24) is 4.98 Å². The molecule has 0 bridgehead atoms. The summed E-state index contributed by atoms with van der Waals surface area (Å²) in [5.74, 6) is 0.451. The van der Waals surface area contributed by atoms with E-state index in [-0.39, 0.29) is 6.61 Å². The molecule has 5 N–H and O–H groups in total. The molecule has 0 aliphatic rings. The maximum Gasteiger partial charge on any atom is 0.123 e. The zero-order valence-corrected chi connectivity index (χ0v) is 6.99. The van der Waals surface area contributed by atoms with E-state index in [0.29, 0.717) is 5.82 Å². The second kappa shape index (κ2) is 3.08. The topological polar surface area (TPSA) is 85.2 Å². The quantitative estimate of drug-likeness (QED) is 0.571. The van der Waals surface area contributed by atoms with Crippen molar-refractivity contribution in [3.63, 3.8) is 0 Å². The van der Waals surface area contributed by atoms with Crippen molar-refractivity contribution in [1.29, 1.82) is 0 Å². The second-order valence-corrected chi connectivity index (χ2v) is 3.05. The molecule has 0 aliphatic carbocycles. The van der Waals surface area contributed by atoms with Gasteiger partial charge in [-0.25, -0.2) is 4.98 Å². The Morgan fingerprint density at radius 3 is 2.67 bits per heavy atom. The smallest absolute Gasteiger partial charge is 0.123 e.